The summed E-state index contributed by atoms with van der Waals surface area (Å²) in [6, 6.07) is 0. The van der Waals surface area contributed by atoms with Crippen molar-refractivity contribution in [1.82, 2.24) is 0 Å². The van der Waals surface area contributed by atoms with Gasteiger partial charge in [0.25, 0.3) is 0 Å². The molecule has 0 aromatic carbocycles. The van der Waals surface area contributed by atoms with E-state index < -0.39 is 6.17 Å². The Balaban J connectivity index is 2.26. The number of alkyl halides is 1. The van der Waals surface area contributed by atoms with Gasteiger partial charge in [-0.05, 0) is 24.7 Å². The average molecular weight is 116 g/mol. The van der Waals surface area contributed by atoms with E-state index in [2.05, 4.69) is 13.8 Å². The second kappa shape index (κ2) is 2.04. The first-order valence-corrected chi connectivity index (χ1v) is 3.36. The molecule has 0 nitrogen and oxygen atoms in total. The fourth-order valence-electron chi connectivity index (χ4n) is 1.24. The first-order chi connectivity index (χ1) is 3.72. The quantitative estimate of drug-likeness (QED) is 0.493. The third-order valence-corrected chi connectivity index (χ3v) is 2.10. The van der Waals surface area contributed by atoms with Crippen LogP contribution in [0.4, 0.5) is 4.39 Å². The summed E-state index contributed by atoms with van der Waals surface area (Å²) in [6.07, 6.45) is 1.44. The van der Waals surface area contributed by atoms with Crippen molar-refractivity contribution >= 4 is 0 Å². The van der Waals surface area contributed by atoms with Crippen molar-refractivity contribution in [3.63, 3.8) is 0 Å². The van der Waals surface area contributed by atoms with Crippen LogP contribution >= 0.6 is 0 Å². The van der Waals surface area contributed by atoms with E-state index in [1.807, 2.05) is 0 Å². The SMILES string of the molecule is CC(C)[C@H]1CC[C@@H]1F. The highest BCUT2D eigenvalue weighted by molar-refractivity contribution is 4.82. The van der Waals surface area contributed by atoms with Crippen LogP contribution in [0.3, 0.4) is 0 Å². The molecule has 1 saturated carbocycles. The molecule has 8 heavy (non-hydrogen) atoms. The average Bonchev–Trinajstić information content (AvgIpc) is 1.61. The van der Waals surface area contributed by atoms with Crippen LogP contribution in [0.2, 0.25) is 0 Å². The lowest BCUT2D eigenvalue weighted by Crippen LogP contribution is -2.31. The summed E-state index contributed by atoms with van der Waals surface area (Å²) in [5.41, 5.74) is 0. The largest absolute Gasteiger partial charge is 0.247 e. The Labute approximate surface area is 50.1 Å². The minimum atomic E-state index is -0.477. The van der Waals surface area contributed by atoms with Crippen molar-refractivity contribution in [2.24, 2.45) is 11.8 Å². The number of hydrogen-bond donors (Lipinski definition) is 0. The van der Waals surface area contributed by atoms with Gasteiger partial charge in [-0.15, -0.1) is 0 Å². The maximum absolute atomic E-state index is 12.4. The molecular formula is C7H13F. The maximum Gasteiger partial charge on any atom is 0.103 e. The molecule has 48 valence electrons. The molecule has 0 unspecified atom stereocenters. The molecule has 0 amide bonds. The van der Waals surface area contributed by atoms with Gasteiger partial charge in [-0.2, -0.15) is 0 Å². The molecule has 1 rings (SSSR count). The van der Waals surface area contributed by atoms with Crippen LogP contribution in [0.15, 0.2) is 0 Å². The molecule has 1 heteroatoms. The van der Waals surface area contributed by atoms with Crippen LogP contribution in [0.1, 0.15) is 26.7 Å². The molecule has 0 heterocycles. The van der Waals surface area contributed by atoms with Crippen LogP contribution in [0.5, 0.6) is 0 Å². The first kappa shape index (κ1) is 6.06. The summed E-state index contributed by atoms with van der Waals surface area (Å²) in [6.45, 7) is 4.19. The Morgan fingerprint density at radius 1 is 1.38 bits per heavy atom. The Kier molecular flexibility index (Phi) is 1.54. The zero-order valence-electron chi connectivity index (χ0n) is 5.52. The lowest BCUT2D eigenvalue weighted by molar-refractivity contribution is 0.0749. The first-order valence-electron chi connectivity index (χ1n) is 3.36. The van der Waals surface area contributed by atoms with Gasteiger partial charge in [0.05, 0.1) is 0 Å². The van der Waals surface area contributed by atoms with Crippen LogP contribution in [0, 0.1) is 11.8 Å². The van der Waals surface area contributed by atoms with E-state index in [-0.39, 0.29) is 0 Å². The fourth-order valence-corrected chi connectivity index (χ4v) is 1.24. The molecule has 0 spiro atoms. The van der Waals surface area contributed by atoms with Crippen molar-refractivity contribution in [1.29, 1.82) is 0 Å². The Morgan fingerprint density at radius 3 is 2.00 bits per heavy atom. The summed E-state index contributed by atoms with van der Waals surface area (Å²) in [5, 5.41) is 0. The van der Waals surface area contributed by atoms with Gasteiger partial charge < -0.3 is 0 Å². The minimum Gasteiger partial charge on any atom is -0.247 e. The van der Waals surface area contributed by atoms with E-state index in [0.717, 1.165) is 12.8 Å². The maximum atomic E-state index is 12.4. The van der Waals surface area contributed by atoms with Crippen molar-refractivity contribution in [2.75, 3.05) is 0 Å². The summed E-state index contributed by atoms with van der Waals surface area (Å²) >= 11 is 0. The van der Waals surface area contributed by atoms with E-state index in [1.165, 1.54) is 0 Å². The molecule has 0 aromatic heterocycles. The standard InChI is InChI=1S/C7H13F/c1-5(2)6-3-4-7(6)8/h5-7H,3-4H2,1-2H3/t6-,7+/m1/s1. The monoisotopic (exact) mass is 116 g/mol. The van der Waals surface area contributed by atoms with E-state index in [1.54, 1.807) is 0 Å². The van der Waals surface area contributed by atoms with Crippen LogP contribution in [-0.4, -0.2) is 6.17 Å². The van der Waals surface area contributed by atoms with Crippen LogP contribution < -0.4 is 0 Å². The van der Waals surface area contributed by atoms with Crippen molar-refractivity contribution in [2.45, 2.75) is 32.9 Å². The Hall–Kier alpha value is -0.0700. The van der Waals surface area contributed by atoms with Crippen molar-refractivity contribution < 1.29 is 4.39 Å². The van der Waals surface area contributed by atoms with Gasteiger partial charge in [-0.1, -0.05) is 13.8 Å². The summed E-state index contributed by atoms with van der Waals surface area (Å²) < 4.78 is 12.4. The zero-order chi connectivity index (χ0) is 6.15. The predicted octanol–water partition coefficient (Wildman–Crippen LogP) is 2.39. The smallest absolute Gasteiger partial charge is 0.103 e. The second-order valence-corrected chi connectivity index (χ2v) is 3.00. The number of hydrogen-bond acceptors (Lipinski definition) is 0. The van der Waals surface area contributed by atoms with Gasteiger partial charge in [-0.25, -0.2) is 4.39 Å². The molecule has 0 aromatic rings. The molecule has 0 aliphatic heterocycles. The van der Waals surface area contributed by atoms with Gasteiger partial charge in [0, 0.05) is 0 Å². The van der Waals surface area contributed by atoms with E-state index in [9.17, 15) is 4.39 Å². The van der Waals surface area contributed by atoms with Crippen molar-refractivity contribution in [3.05, 3.63) is 0 Å². The molecule has 0 bridgehead atoms. The molecule has 0 radical (unpaired) electrons. The molecular weight excluding hydrogens is 103 g/mol. The zero-order valence-corrected chi connectivity index (χ0v) is 5.52. The van der Waals surface area contributed by atoms with Gasteiger partial charge in [0.15, 0.2) is 0 Å². The number of rotatable bonds is 1. The summed E-state index contributed by atoms with van der Waals surface area (Å²) in [7, 11) is 0. The lowest BCUT2D eigenvalue weighted by atomic mass is 9.76. The van der Waals surface area contributed by atoms with Gasteiger partial charge in [-0.3, -0.25) is 0 Å². The topological polar surface area (TPSA) is 0 Å². The summed E-state index contributed by atoms with van der Waals surface area (Å²) in [4.78, 5) is 0. The highest BCUT2D eigenvalue weighted by Gasteiger charge is 2.32. The third-order valence-electron chi connectivity index (χ3n) is 2.10. The molecule has 1 fully saturated rings. The predicted molar refractivity (Wildman–Crippen MR) is 32.5 cm³/mol. The highest BCUT2D eigenvalue weighted by Crippen LogP contribution is 2.35. The summed E-state index contributed by atoms with van der Waals surface area (Å²) in [5.74, 6) is 0.939. The van der Waals surface area contributed by atoms with Gasteiger partial charge >= 0.3 is 0 Å². The Bertz CT molecular complexity index is 73.7. The molecule has 0 saturated heterocycles. The van der Waals surface area contributed by atoms with Crippen molar-refractivity contribution in [3.8, 4) is 0 Å². The van der Waals surface area contributed by atoms with E-state index >= 15 is 0 Å². The second-order valence-electron chi connectivity index (χ2n) is 3.00. The minimum absolute atomic E-state index is 0.384. The normalized spacial score (nSPS) is 37.5. The molecule has 1 aliphatic carbocycles. The number of halogens is 1. The van der Waals surface area contributed by atoms with Crippen LogP contribution in [-0.2, 0) is 0 Å². The van der Waals surface area contributed by atoms with Gasteiger partial charge in [0.1, 0.15) is 6.17 Å². The fraction of sp³-hybridized carbons (Fsp3) is 1.00. The Morgan fingerprint density at radius 2 is 2.00 bits per heavy atom. The van der Waals surface area contributed by atoms with Crippen LogP contribution in [0.25, 0.3) is 0 Å². The molecule has 2 atom stereocenters. The molecule has 1 aliphatic rings. The lowest BCUT2D eigenvalue weighted by Gasteiger charge is -2.33. The van der Waals surface area contributed by atoms with E-state index in [4.69, 9.17) is 0 Å². The highest BCUT2D eigenvalue weighted by atomic mass is 19.1. The van der Waals surface area contributed by atoms with Gasteiger partial charge in [0.2, 0.25) is 0 Å². The van der Waals surface area contributed by atoms with E-state index in [0.29, 0.717) is 11.8 Å². The third kappa shape index (κ3) is 0.862. The molecule has 0 N–H and O–H groups in total.